The van der Waals surface area contributed by atoms with Crippen molar-refractivity contribution in [3.63, 3.8) is 0 Å². The smallest absolute Gasteiger partial charge is 0.321 e. The van der Waals surface area contributed by atoms with E-state index in [0.29, 0.717) is 32.1 Å². The fourth-order valence-electron chi connectivity index (χ4n) is 1.95. The molecular weight excluding hydrogens is 218 g/mol. The lowest BCUT2D eigenvalue weighted by Gasteiger charge is -2.32. The molecule has 0 aromatic rings. The van der Waals surface area contributed by atoms with E-state index in [1.807, 2.05) is 6.20 Å². The monoisotopic (exact) mass is 237 g/mol. The van der Waals surface area contributed by atoms with Gasteiger partial charge in [-0.2, -0.15) is 0 Å². The van der Waals surface area contributed by atoms with Gasteiger partial charge in [-0.15, -0.1) is 0 Å². The normalized spacial score (nSPS) is 21.4. The third kappa shape index (κ3) is 3.22. The van der Waals surface area contributed by atoms with E-state index in [-0.39, 0.29) is 6.03 Å². The molecule has 0 spiro atoms. The molecule has 0 aromatic heterocycles. The van der Waals surface area contributed by atoms with Gasteiger partial charge in [0.25, 0.3) is 0 Å². The van der Waals surface area contributed by atoms with Gasteiger partial charge in [0.1, 0.15) is 0 Å². The predicted molar refractivity (Wildman–Crippen MR) is 64.2 cm³/mol. The Balaban J connectivity index is 1.76. The number of urea groups is 1. The summed E-state index contributed by atoms with van der Waals surface area (Å²) in [5.41, 5.74) is 1.25. The second-order valence-electron chi connectivity index (χ2n) is 4.74. The first-order chi connectivity index (χ1) is 8.20. The van der Waals surface area contributed by atoms with Crippen LogP contribution in [0.4, 0.5) is 4.79 Å². The van der Waals surface area contributed by atoms with E-state index in [2.05, 4.69) is 12.2 Å². The van der Waals surface area contributed by atoms with Crippen LogP contribution in [0, 0.1) is 5.92 Å². The molecule has 1 aliphatic carbocycles. The van der Waals surface area contributed by atoms with Crippen LogP contribution in [0.1, 0.15) is 19.8 Å². The summed E-state index contributed by atoms with van der Waals surface area (Å²) in [5, 5.41) is 2.82. The molecule has 5 heteroatoms. The molecule has 2 aliphatic rings. The first-order valence-electron chi connectivity index (χ1n) is 6.12. The molecule has 94 valence electrons. The average Bonchev–Trinajstić information content (AvgIpc) is 3.20. The molecule has 3 amide bonds. The molecule has 0 radical (unpaired) electrons. The van der Waals surface area contributed by atoms with Crippen LogP contribution >= 0.6 is 0 Å². The minimum absolute atomic E-state index is 0.0597. The van der Waals surface area contributed by atoms with Crippen molar-refractivity contribution in [3.05, 3.63) is 11.8 Å². The van der Waals surface area contributed by atoms with E-state index in [1.54, 1.807) is 9.80 Å². The quantitative estimate of drug-likeness (QED) is 0.738. The Morgan fingerprint density at radius 2 is 1.88 bits per heavy atom. The number of hydrogen-bond acceptors (Lipinski definition) is 2. The maximum atomic E-state index is 11.8. The van der Waals surface area contributed by atoms with Gasteiger partial charge in [-0.05, 0) is 25.7 Å². The van der Waals surface area contributed by atoms with Gasteiger partial charge in [-0.25, -0.2) is 4.79 Å². The topological polar surface area (TPSA) is 52.7 Å². The van der Waals surface area contributed by atoms with Gasteiger partial charge in [0.15, 0.2) is 0 Å². The number of allylic oxidation sites excluding steroid dienone is 1. The van der Waals surface area contributed by atoms with Crippen LogP contribution < -0.4 is 5.32 Å². The highest BCUT2D eigenvalue weighted by Crippen LogP contribution is 2.35. The number of piperazine rings is 1. The van der Waals surface area contributed by atoms with Gasteiger partial charge in [0.05, 0.1) is 0 Å². The van der Waals surface area contributed by atoms with Crippen LogP contribution in [-0.2, 0) is 4.79 Å². The van der Waals surface area contributed by atoms with Crippen molar-refractivity contribution >= 4 is 12.4 Å². The second-order valence-corrected chi connectivity index (χ2v) is 4.74. The summed E-state index contributed by atoms with van der Waals surface area (Å²) < 4.78 is 0. The van der Waals surface area contributed by atoms with E-state index in [4.69, 9.17) is 0 Å². The van der Waals surface area contributed by atoms with Crippen LogP contribution in [0.3, 0.4) is 0 Å². The molecule has 5 nitrogen and oxygen atoms in total. The number of carbonyl (C=O) groups is 2. The molecular formula is C12H19N3O2. The summed E-state index contributed by atoms with van der Waals surface area (Å²) in [6.45, 7) is 4.54. The zero-order valence-electron chi connectivity index (χ0n) is 10.2. The van der Waals surface area contributed by atoms with Crippen molar-refractivity contribution in [2.75, 3.05) is 26.2 Å². The number of amides is 3. The van der Waals surface area contributed by atoms with E-state index in [1.165, 1.54) is 18.4 Å². The van der Waals surface area contributed by atoms with Crippen LogP contribution in [0.25, 0.3) is 0 Å². The average molecular weight is 237 g/mol. The molecule has 0 unspecified atom stereocenters. The molecule has 0 bridgehead atoms. The van der Waals surface area contributed by atoms with Gasteiger partial charge in [0, 0.05) is 32.4 Å². The number of hydrogen-bond donors (Lipinski definition) is 1. The van der Waals surface area contributed by atoms with Gasteiger partial charge >= 0.3 is 6.03 Å². The van der Waals surface area contributed by atoms with Crippen LogP contribution in [-0.4, -0.2) is 48.4 Å². The Kier molecular flexibility index (Phi) is 3.66. The third-order valence-corrected chi connectivity index (χ3v) is 3.40. The third-order valence-electron chi connectivity index (χ3n) is 3.40. The number of carbonyl (C=O) groups excluding carboxylic acids is 2. The van der Waals surface area contributed by atoms with Crippen molar-refractivity contribution in [1.29, 1.82) is 0 Å². The maximum Gasteiger partial charge on any atom is 0.321 e. The van der Waals surface area contributed by atoms with Crippen LogP contribution in [0.5, 0.6) is 0 Å². The first-order valence-corrected chi connectivity index (χ1v) is 6.12. The highest BCUT2D eigenvalue weighted by atomic mass is 16.2. The summed E-state index contributed by atoms with van der Waals surface area (Å²) >= 11 is 0. The van der Waals surface area contributed by atoms with E-state index >= 15 is 0 Å². The lowest BCUT2D eigenvalue weighted by molar-refractivity contribution is -0.119. The molecule has 0 atom stereocenters. The highest BCUT2D eigenvalue weighted by molar-refractivity contribution is 5.75. The predicted octanol–water partition coefficient (Wildman–Crippen LogP) is 0.784. The van der Waals surface area contributed by atoms with Gasteiger partial charge in [0.2, 0.25) is 6.41 Å². The number of rotatable bonds is 3. The molecule has 0 aromatic carbocycles. The lowest BCUT2D eigenvalue weighted by Crippen LogP contribution is -2.50. The minimum Gasteiger partial charge on any atom is -0.342 e. The zero-order chi connectivity index (χ0) is 12.3. The van der Waals surface area contributed by atoms with E-state index < -0.39 is 0 Å². The Labute approximate surface area is 101 Å². The second kappa shape index (κ2) is 5.21. The largest absolute Gasteiger partial charge is 0.342 e. The lowest BCUT2D eigenvalue weighted by atomic mass is 10.2. The summed E-state index contributed by atoms with van der Waals surface area (Å²) in [4.78, 5) is 25.8. The minimum atomic E-state index is -0.0597. The Morgan fingerprint density at radius 3 is 2.41 bits per heavy atom. The fourth-order valence-corrected chi connectivity index (χ4v) is 1.95. The summed E-state index contributed by atoms with van der Waals surface area (Å²) in [7, 11) is 0. The molecule has 1 aliphatic heterocycles. The van der Waals surface area contributed by atoms with Crippen molar-refractivity contribution < 1.29 is 9.59 Å². The number of nitrogens with zero attached hydrogens (tertiary/aromatic N) is 2. The molecule has 1 saturated heterocycles. The molecule has 1 N–H and O–H groups in total. The van der Waals surface area contributed by atoms with Crippen LogP contribution in [0.15, 0.2) is 11.8 Å². The van der Waals surface area contributed by atoms with Crippen molar-refractivity contribution in [3.8, 4) is 0 Å². The van der Waals surface area contributed by atoms with E-state index in [9.17, 15) is 9.59 Å². The Morgan fingerprint density at radius 1 is 1.24 bits per heavy atom. The van der Waals surface area contributed by atoms with E-state index in [0.717, 1.165) is 6.41 Å². The van der Waals surface area contributed by atoms with Crippen molar-refractivity contribution in [2.24, 2.45) is 5.92 Å². The maximum absolute atomic E-state index is 11.8. The van der Waals surface area contributed by atoms with Gasteiger partial charge in [-0.1, -0.05) is 5.57 Å². The SMILES string of the molecule is C/C(=C\NC(=O)N1CCN(C=O)CC1)C1CC1. The molecule has 2 fully saturated rings. The molecule has 1 saturated carbocycles. The Hall–Kier alpha value is -1.52. The van der Waals surface area contributed by atoms with Gasteiger partial charge < -0.3 is 15.1 Å². The van der Waals surface area contributed by atoms with Crippen molar-refractivity contribution in [2.45, 2.75) is 19.8 Å². The fraction of sp³-hybridized carbons (Fsp3) is 0.667. The van der Waals surface area contributed by atoms with Crippen LogP contribution in [0.2, 0.25) is 0 Å². The summed E-state index contributed by atoms with van der Waals surface area (Å²) in [6.07, 6.45) is 5.16. The van der Waals surface area contributed by atoms with Gasteiger partial charge in [-0.3, -0.25) is 4.79 Å². The highest BCUT2D eigenvalue weighted by Gasteiger charge is 2.23. The molecule has 2 rings (SSSR count). The molecule has 1 heterocycles. The summed E-state index contributed by atoms with van der Waals surface area (Å²) in [6, 6.07) is -0.0597. The molecule has 17 heavy (non-hydrogen) atoms. The number of nitrogens with one attached hydrogen (secondary N) is 1. The zero-order valence-corrected chi connectivity index (χ0v) is 10.2. The van der Waals surface area contributed by atoms with Crippen molar-refractivity contribution in [1.82, 2.24) is 15.1 Å². The first kappa shape index (κ1) is 12.0. The standard InChI is InChI=1S/C12H19N3O2/c1-10(11-2-3-11)8-13-12(17)15-6-4-14(9-16)5-7-15/h8-9,11H,2-7H2,1H3,(H,13,17)/b10-8+. The summed E-state index contributed by atoms with van der Waals surface area (Å²) in [5.74, 6) is 0.683. The Bertz CT molecular complexity index is 329.